The number of alkyl halides is 3. The van der Waals surface area contributed by atoms with E-state index in [1.165, 1.54) is 29.2 Å². The van der Waals surface area contributed by atoms with E-state index in [9.17, 15) is 22.8 Å². The molecule has 1 aliphatic heterocycles. The summed E-state index contributed by atoms with van der Waals surface area (Å²) in [6.07, 6.45) is -4.42. The number of carbonyl (C=O) groups excluding carboxylic acids is 1. The molecule has 0 spiro atoms. The number of benzene rings is 1. The standard InChI is InChI=1S/C14H15F3N2O3/c15-14(16,17)10-5-7-19(8-6-10)13(22)18-11-3-1-9(2-4-11)12(20)21/h1-4,10H,5-8H2,(H,18,22)(H,20,21). The van der Waals surface area contributed by atoms with Gasteiger partial charge in [0.1, 0.15) is 0 Å². The fourth-order valence-corrected chi connectivity index (χ4v) is 2.31. The first-order chi connectivity index (χ1) is 10.3. The Morgan fingerprint density at radius 3 is 2.14 bits per heavy atom. The van der Waals surface area contributed by atoms with Crippen molar-refractivity contribution in [2.75, 3.05) is 18.4 Å². The van der Waals surface area contributed by atoms with Crippen LogP contribution in [0.15, 0.2) is 24.3 Å². The lowest BCUT2D eigenvalue weighted by atomic mass is 9.96. The zero-order chi connectivity index (χ0) is 16.3. The Hall–Kier alpha value is -2.25. The van der Waals surface area contributed by atoms with Gasteiger partial charge in [-0.3, -0.25) is 0 Å². The lowest BCUT2D eigenvalue weighted by molar-refractivity contribution is -0.183. The number of aromatic carboxylic acids is 1. The number of rotatable bonds is 2. The van der Waals surface area contributed by atoms with Crippen LogP contribution in [0.4, 0.5) is 23.7 Å². The zero-order valence-electron chi connectivity index (χ0n) is 11.6. The van der Waals surface area contributed by atoms with E-state index in [0.29, 0.717) is 5.69 Å². The number of amides is 2. The molecule has 1 heterocycles. The Labute approximate surface area is 124 Å². The van der Waals surface area contributed by atoms with Gasteiger partial charge in [-0.2, -0.15) is 13.2 Å². The third-order valence-electron chi connectivity index (χ3n) is 3.63. The molecule has 2 N–H and O–H groups in total. The second-order valence-corrected chi connectivity index (χ2v) is 5.12. The first-order valence-corrected chi connectivity index (χ1v) is 6.73. The Kier molecular flexibility index (Phi) is 4.58. The van der Waals surface area contributed by atoms with E-state index in [1.807, 2.05) is 0 Å². The number of nitrogens with one attached hydrogen (secondary N) is 1. The zero-order valence-corrected chi connectivity index (χ0v) is 11.6. The van der Waals surface area contributed by atoms with E-state index in [4.69, 9.17) is 5.11 Å². The normalized spacial score (nSPS) is 16.4. The minimum atomic E-state index is -4.21. The molecule has 0 unspecified atom stereocenters. The van der Waals surface area contributed by atoms with Crippen molar-refractivity contribution in [1.82, 2.24) is 4.90 Å². The molecule has 1 saturated heterocycles. The Morgan fingerprint density at radius 2 is 1.68 bits per heavy atom. The second-order valence-electron chi connectivity index (χ2n) is 5.12. The molecule has 1 aromatic rings. The summed E-state index contributed by atoms with van der Waals surface area (Å²) in [5, 5.41) is 11.3. The Bertz CT molecular complexity index is 549. The van der Waals surface area contributed by atoms with Crippen molar-refractivity contribution in [3.05, 3.63) is 29.8 Å². The van der Waals surface area contributed by atoms with Crippen LogP contribution in [0.3, 0.4) is 0 Å². The van der Waals surface area contributed by atoms with Gasteiger partial charge in [0.25, 0.3) is 0 Å². The molecule has 120 valence electrons. The molecule has 0 atom stereocenters. The van der Waals surface area contributed by atoms with E-state index in [1.54, 1.807) is 0 Å². The first kappa shape index (κ1) is 16.1. The average Bonchev–Trinajstić information content (AvgIpc) is 2.47. The van der Waals surface area contributed by atoms with Crippen molar-refractivity contribution in [2.24, 2.45) is 5.92 Å². The van der Waals surface area contributed by atoms with E-state index in [0.717, 1.165) is 0 Å². The summed E-state index contributed by atoms with van der Waals surface area (Å²) in [4.78, 5) is 24.0. The second kappa shape index (κ2) is 6.25. The minimum absolute atomic E-state index is 0.0449. The number of likely N-dealkylation sites (tertiary alicyclic amines) is 1. The number of hydrogen-bond acceptors (Lipinski definition) is 2. The van der Waals surface area contributed by atoms with Crippen molar-refractivity contribution in [3.63, 3.8) is 0 Å². The molecule has 1 aliphatic rings. The van der Waals surface area contributed by atoms with Gasteiger partial charge in [-0.05, 0) is 37.1 Å². The highest BCUT2D eigenvalue weighted by atomic mass is 19.4. The topological polar surface area (TPSA) is 69.6 Å². The Balaban J connectivity index is 1.89. The van der Waals surface area contributed by atoms with Crippen LogP contribution in [0, 0.1) is 5.92 Å². The highest BCUT2D eigenvalue weighted by Crippen LogP contribution is 2.34. The molecule has 1 aromatic carbocycles. The summed E-state index contributed by atoms with van der Waals surface area (Å²) in [7, 11) is 0. The van der Waals surface area contributed by atoms with E-state index < -0.39 is 24.1 Å². The SMILES string of the molecule is O=C(O)c1ccc(NC(=O)N2CCC(C(F)(F)F)CC2)cc1. The molecule has 0 saturated carbocycles. The molecule has 0 bridgehead atoms. The van der Waals surface area contributed by atoms with Gasteiger partial charge in [-0.25, -0.2) is 9.59 Å². The molecule has 0 radical (unpaired) electrons. The number of piperidine rings is 1. The van der Waals surface area contributed by atoms with Gasteiger partial charge in [0.2, 0.25) is 0 Å². The molecule has 0 aliphatic carbocycles. The van der Waals surface area contributed by atoms with Crippen molar-refractivity contribution in [1.29, 1.82) is 0 Å². The van der Waals surface area contributed by atoms with Gasteiger partial charge >= 0.3 is 18.2 Å². The number of halogens is 3. The summed E-state index contributed by atoms with van der Waals surface area (Å²) < 4.78 is 37.7. The van der Waals surface area contributed by atoms with Gasteiger partial charge < -0.3 is 15.3 Å². The predicted octanol–water partition coefficient (Wildman–Crippen LogP) is 3.19. The summed E-state index contributed by atoms with van der Waals surface area (Å²) >= 11 is 0. The number of carboxylic acid groups (broad SMARTS) is 1. The van der Waals surface area contributed by atoms with Gasteiger partial charge in [0, 0.05) is 18.8 Å². The monoisotopic (exact) mass is 316 g/mol. The quantitative estimate of drug-likeness (QED) is 0.880. The maximum Gasteiger partial charge on any atom is 0.391 e. The summed E-state index contributed by atoms with van der Waals surface area (Å²) in [5.41, 5.74) is 0.483. The molecule has 8 heteroatoms. The first-order valence-electron chi connectivity index (χ1n) is 6.73. The van der Waals surface area contributed by atoms with E-state index in [-0.39, 0.29) is 31.5 Å². The van der Waals surface area contributed by atoms with Crippen molar-refractivity contribution < 1.29 is 27.9 Å². The highest BCUT2D eigenvalue weighted by Gasteiger charge is 2.41. The van der Waals surface area contributed by atoms with Crippen LogP contribution in [0.2, 0.25) is 0 Å². The molecule has 0 aromatic heterocycles. The molecule has 2 rings (SSSR count). The summed E-state index contributed by atoms with van der Waals surface area (Å²) in [6, 6.07) is 5.07. The van der Waals surface area contributed by atoms with Crippen LogP contribution in [0.5, 0.6) is 0 Å². The highest BCUT2D eigenvalue weighted by molar-refractivity contribution is 5.91. The molecule has 22 heavy (non-hydrogen) atoms. The van der Waals surface area contributed by atoms with Crippen LogP contribution in [-0.4, -0.2) is 41.3 Å². The number of anilines is 1. The maximum atomic E-state index is 12.6. The largest absolute Gasteiger partial charge is 0.478 e. The predicted molar refractivity (Wildman–Crippen MR) is 72.8 cm³/mol. The van der Waals surface area contributed by atoms with Crippen LogP contribution < -0.4 is 5.32 Å². The van der Waals surface area contributed by atoms with Crippen LogP contribution in [-0.2, 0) is 0 Å². The molecule has 2 amide bonds. The van der Waals surface area contributed by atoms with Crippen LogP contribution >= 0.6 is 0 Å². The van der Waals surface area contributed by atoms with Gasteiger partial charge in [0.05, 0.1) is 11.5 Å². The molecule has 5 nitrogen and oxygen atoms in total. The number of carbonyl (C=O) groups is 2. The fraction of sp³-hybridized carbons (Fsp3) is 0.429. The van der Waals surface area contributed by atoms with Crippen LogP contribution in [0.25, 0.3) is 0 Å². The van der Waals surface area contributed by atoms with Gasteiger partial charge in [-0.1, -0.05) is 0 Å². The number of hydrogen-bond donors (Lipinski definition) is 2. The fourth-order valence-electron chi connectivity index (χ4n) is 2.31. The lowest BCUT2D eigenvalue weighted by Gasteiger charge is -2.32. The number of carboxylic acids is 1. The molecular formula is C14H15F3N2O3. The van der Waals surface area contributed by atoms with E-state index >= 15 is 0 Å². The van der Waals surface area contributed by atoms with Gasteiger partial charge in [0.15, 0.2) is 0 Å². The molecular weight excluding hydrogens is 301 g/mol. The smallest absolute Gasteiger partial charge is 0.391 e. The minimum Gasteiger partial charge on any atom is -0.478 e. The number of nitrogens with zero attached hydrogens (tertiary/aromatic N) is 1. The third kappa shape index (κ3) is 3.90. The average molecular weight is 316 g/mol. The lowest BCUT2D eigenvalue weighted by Crippen LogP contribution is -2.43. The molecule has 1 fully saturated rings. The van der Waals surface area contributed by atoms with Crippen molar-refractivity contribution in [2.45, 2.75) is 19.0 Å². The van der Waals surface area contributed by atoms with E-state index in [2.05, 4.69) is 5.32 Å². The summed E-state index contributed by atoms with van der Waals surface area (Å²) in [6.45, 7) is 0.0897. The summed E-state index contributed by atoms with van der Waals surface area (Å²) in [5.74, 6) is -2.43. The number of urea groups is 1. The van der Waals surface area contributed by atoms with Crippen molar-refractivity contribution >= 4 is 17.7 Å². The maximum absolute atomic E-state index is 12.6. The van der Waals surface area contributed by atoms with Crippen LogP contribution in [0.1, 0.15) is 23.2 Å². The third-order valence-corrected chi connectivity index (χ3v) is 3.63. The van der Waals surface area contributed by atoms with Gasteiger partial charge in [-0.15, -0.1) is 0 Å². The van der Waals surface area contributed by atoms with Crippen molar-refractivity contribution in [3.8, 4) is 0 Å². The Morgan fingerprint density at radius 1 is 1.14 bits per heavy atom.